The Morgan fingerprint density at radius 1 is 1.12 bits per heavy atom. The number of nitrogens with zero attached hydrogens (tertiary/aromatic N) is 1. The molecule has 0 atom stereocenters. The molecule has 0 saturated carbocycles. The first-order chi connectivity index (χ1) is 11.4. The Labute approximate surface area is 151 Å². The maximum Gasteiger partial charge on any atom is 0.260 e. The van der Waals surface area contributed by atoms with E-state index in [1.807, 2.05) is 50.2 Å². The highest BCUT2D eigenvalue weighted by molar-refractivity contribution is 9.10. The molecule has 2 aromatic rings. The molecule has 0 aliphatic carbocycles. The molecule has 0 radical (unpaired) electrons. The van der Waals surface area contributed by atoms with Crippen LogP contribution in [0.1, 0.15) is 16.7 Å². The van der Waals surface area contributed by atoms with Crippen molar-refractivity contribution in [3.05, 3.63) is 57.6 Å². The fourth-order valence-electron chi connectivity index (χ4n) is 2.43. The van der Waals surface area contributed by atoms with Crippen LogP contribution in [-0.2, 0) is 11.3 Å². The van der Waals surface area contributed by atoms with Crippen molar-refractivity contribution in [2.75, 3.05) is 20.8 Å². The van der Waals surface area contributed by atoms with E-state index in [9.17, 15) is 4.79 Å². The molecule has 1 amide bonds. The third kappa shape index (κ3) is 4.74. The number of rotatable bonds is 6. The van der Waals surface area contributed by atoms with Gasteiger partial charge in [-0.3, -0.25) is 4.79 Å². The van der Waals surface area contributed by atoms with Crippen LogP contribution in [0.2, 0.25) is 0 Å². The molecule has 2 aromatic carbocycles. The number of methoxy groups -OCH3 is 1. The van der Waals surface area contributed by atoms with Gasteiger partial charge in [-0.2, -0.15) is 0 Å². The topological polar surface area (TPSA) is 38.8 Å². The van der Waals surface area contributed by atoms with Crippen LogP contribution < -0.4 is 9.47 Å². The summed E-state index contributed by atoms with van der Waals surface area (Å²) in [6.07, 6.45) is 0. The molecule has 2 rings (SSSR count). The minimum absolute atomic E-state index is 0.0106. The van der Waals surface area contributed by atoms with Crippen LogP contribution in [-0.4, -0.2) is 31.6 Å². The summed E-state index contributed by atoms with van der Waals surface area (Å²) in [5, 5.41) is 0. The smallest absolute Gasteiger partial charge is 0.260 e. The molecular formula is C19H22BrNO3. The Morgan fingerprint density at radius 2 is 1.83 bits per heavy atom. The zero-order valence-corrected chi connectivity index (χ0v) is 16.0. The molecular weight excluding hydrogens is 370 g/mol. The van der Waals surface area contributed by atoms with Crippen molar-refractivity contribution < 1.29 is 14.3 Å². The predicted molar refractivity (Wildman–Crippen MR) is 98.6 cm³/mol. The summed E-state index contributed by atoms with van der Waals surface area (Å²) in [6, 6.07) is 11.7. The Hall–Kier alpha value is -2.01. The Bertz CT molecular complexity index is 731. The van der Waals surface area contributed by atoms with Gasteiger partial charge in [-0.05, 0) is 43.7 Å². The van der Waals surface area contributed by atoms with Crippen LogP contribution >= 0.6 is 15.9 Å². The molecule has 0 heterocycles. The molecule has 0 fully saturated rings. The van der Waals surface area contributed by atoms with Gasteiger partial charge in [0.05, 0.1) is 7.11 Å². The van der Waals surface area contributed by atoms with E-state index in [4.69, 9.17) is 9.47 Å². The Balaban J connectivity index is 1.98. The van der Waals surface area contributed by atoms with Crippen LogP contribution in [0.15, 0.2) is 40.9 Å². The highest BCUT2D eigenvalue weighted by atomic mass is 79.9. The lowest BCUT2D eigenvalue weighted by atomic mass is 10.1. The predicted octanol–water partition coefficient (Wildman–Crippen LogP) is 4.11. The van der Waals surface area contributed by atoms with Crippen LogP contribution in [0.5, 0.6) is 11.5 Å². The van der Waals surface area contributed by atoms with Crippen molar-refractivity contribution in [1.82, 2.24) is 4.90 Å². The fraction of sp³-hybridized carbons (Fsp3) is 0.316. The van der Waals surface area contributed by atoms with Crippen molar-refractivity contribution in [2.45, 2.75) is 20.4 Å². The molecule has 0 aliphatic rings. The van der Waals surface area contributed by atoms with E-state index in [0.29, 0.717) is 6.54 Å². The third-order valence-electron chi connectivity index (χ3n) is 3.76. The first-order valence-electron chi connectivity index (χ1n) is 7.67. The van der Waals surface area contributed by atoms with Crippen LogP contribution in [0, 0.1) is 13.8 Å². The highest BCUT2D eigenvalue weighted by Crippen LogP contribution is 2.24. The van der Waals surface area contributed by atoms with Crippen LogP contribution in [0.3, 0.4) is 0 Å². The minimum Gasteiger partial charge on any atom is -0.496 e. The number of hydrogen-bond donors (Lipinski definition) is 0. The molecule has 0 aliphatic heterocycles. The molecule has 24 heavy (non-hydrogen) atoms. The number of benzene rings is 2. The van der Waals surface area contributed by atoms with Gasteiger partial charge in [-0.25, -0.2) is 0 Å². The fourth-order valence-corrected chi connectivity index (χ4v) is 2.83. The van der Waals surface area contributed by atoms with Gasteiger partial charge in [-0.1, -0.05) is 33.6 Å². The average molecular weight is 392 g/mol. The van der Waals surface area contributed by atoms with Crippen LogP contribution in [0.25, 0.3) is 0 Å². The lowest BCUT2D eigenvalue weighted by Gasteiger charge is -2.19. The second-order valence-electron chi connectivity index (χ2n) is 5.76. The van der Waals surface area contributed by atoms with Gasteiger partial charge in [0, 0.05) is 23.6 Å². The summed E-state index contributed by atoms with van der Waals surface area (Å²) in [5.41, 5.74) is 3.14. The largest absolute Gasteiger partial charge is 0.496 e. The summed E-state index contributed by atoms with van der Waals surface area (Å²) < 4.78 is 12.0. The van der Waals surface area contributed by atoms with E-state index >= 15 is 0 Å². The van der Waals surface area contributed by atoms with Gasteiger partial charge >= 0.3 is 0 Å². The molecule has 5 heteroatoms. The molecule has 0 N–H and O–H groups in total. The number of aryl methyl sites for hydroxylation is 2. The minimum atomic E-state index is -0.0861. The lowest BCUT2D eigenvalue weighted by Crippen LogP contribution is -2.31. The number of carbonyl (C=O) groups excluding carboxylic acids is 1. The van der Waals surface area contributed by atoms with E-state index in [0.717, 1.165) is 27.1 Å². The normalized spacial score (nSPS) is 10.4. The third-order valence-corrected chi connectivity index (χ3v) is 4.25. The van der Waals surface area contributed by atoms with Crippen molar-refractivity contribution in [3.63, 3.8) is 0 Å². The number of hydrogen-bond acceptors (Lipinski definition) is 3. The molecule has 0 aromatic heterocycles. The van der Waals surface area contributed by atoms with Crippen molar-refractivity contribution in [3.8, 4) is 11.5 Å². The van der Waals surface area contributed by atoms with Gasteiger partial charge in [0.2, 0.25) is 0 Å². The maximum absolute atomic E-state index is 12.3. The van der Waals surface area contributed by atoms with Crippen molar-refractivity contribution >= 4 is 21.8 Å². The number of carbonyl (C=O) groups is 1. The van der Waals surface area contributed by atoms with Gasteiger partial charge in [0.15, 0.2) is 6.61 Å². The lowest BCUT2D eigenvalue weighted by molar-refractivity contribution is -0.132. The summed E-state index contributed by atoms with van der Waals surface area (Å²) in [4.78, 5) is 14.0. The number of likely N-dealkylation sites (N-methyl/N-ethyl adjacent to an activating group) is 1. The van der Waals surface area contributed by atoms with E-state index < -0.39 is 0 Å². The molecule has 128 valence electrons. The number of amides is 1. The number of ether oxygens (including phenoxy) is 2. The first kappa shape index (κ1) is 18.3. The first-order valence-corrected chi connectivity index (χ1v) is 8.46. The van der Waals surface area contributed by atoms with Crippen molar-refractivity contribution in [1.29, 1.82) is 0 Å². The molecule has 0 saturated heterocycles. The average Bonchev–Trinajstić information content (AvgIpc) is 2.54. The van der Waals surface area contributed by atoms with Gasteiger partial charge in [0.25, 0.3) is 5.91 Å². The quantitative estimate of drug-likeness (QED) is 0.743. The zero-order valence-electron chi connectivity index (χ0n) is 14.4. The Kier molecular flexibility index (Phi) is 6.26. The Morgan fingerprint density at radius 3 is 2.50 bits per heavy atom. The van der Waals surface area contributed by atoms with Gasteiger partial charge in [-0.15, -0.1) is 0 Å². The van der Waals surface area contributed by atoms with E-state index in [2.05, 4.69) is 15.9 Å². The molecule has 0 bridgehead atoms. The highest BCUT2D eigenvalue weighted by Gasteiger charge is 2.14. The number of halogens is 1. The maximum atomic E-state index is 12.3. The summed E-state index contributed by atoms with van der Waals surface area (Å²) in [7, 11) is 3.38. The van der Waals surface area contributed by atoms with Gasteiger partial charge < -0.3 is 14.4 Å². The second kappa shape index (κ2) is 8.20. The summed E-state index contributed by atoms with van der Waals surface area (Å²) >= 11 is 3.44. The standard InChI is InChI=1S/C19H22BrNO3/c1-13-5-7-17(14(2)9-13)24-12-19(22)21(3)11-15-10-16(20)6-8-18(15)23-4/h5-10H,11-12H2,1-4H3. The van der Waals surface area contributed by atoms with E-state index in [-0.39, 0.29) is 12.5 Å². The summed E-state index contributed by atoms with van der Waals surface area (Å²) in [5.74, 6) is 1.41. The van der Waals surface area contributed by atoms with Gasteiger partial charge in [0.1, 0.15) is 11.5 Å². The molecule has 0 unspecified atom stereocenters. The molecule has 0 spiro atoms. The monoisotopic (exact) mass is 391 g/mol. The zero-order chi connectivity index (χ0) is 17.7. The van der Waals surface area contributed by atoms with Crippen LogP contribution in [0.4, 0.5) is 0 Å². The second-order valence-corrected chi connectivity index (χ2v) is 6.68. The molecule has 4 nitrogen and oxygen atoms in total. The summed E-state index contributed by atoms with van der Waals surface area (Å²) in [6.45, 7) is 4.47. The SMILES string of the molecule is COc1ccc(Br)cc1CN(C)C(=O)COc1ccc(C)cc1C. The van der Waals surface area contributed by atoms with Crippen molar-refractivity contribution in [2.24, 2.45) is 0 Å². The van der Waals surface area contributed by atoms with E-state index in [1.165, 1.54) is 5.56 Å². The van der Waals surface area contributed by atoms with E-state index in [1.54, 1.807) is 19.1 Å².